The Morgan fingerprint density at radius 3 is 1.62 bits per heavy atom. The van der Waals surface area contributed by atoms with E-state index in [-0.39, 0.29) is 0 Å². The number of nitrogens with zero attached hydrogens (tertiary/aromatic N) is 1. The van der Waals surface area contributed by atoms with Gasteiger partial charge in [-0.05, 0) is 102 Å². The third-order valence-corrected chi connectivity index (χ3v) is 12.1. The lowest BCUT2D eigenvalue weighted by Gasteiger charge is -2.34. The Bertz CT molecular complexity index is 3060. The molecule has 0 atom stereocenters. The quantitative estimate of drug-likeness (QED) is 0.157. The predicted molar refractivity (Wildman–Crippen MR) is 244 cm³/mol. The van der Waals surface area contributed by atoms with E-state index in [1.54, 1.807) is 0 Å². The van der Waals surface area contributed by atoms with Gasteiger partial charge in [-0.3, -0.25) is 0 Å². The Morgan fingerprint density at radius 1 is 0.310 bits per heavy atom. The summed E-state index contributed by atoms with van der Waals surface area (Å²) < 4.78 is 0. The predicted octanol–water partition coefficient (Wildman–Crippen LogP) is 15.2. The number of para-hydroxylation sites is 1. The molecule has 0 fully saturated rings. The van der Waals surface area contributed by atoms with Crippen molar-refractivity contribution in [3.8, 4) is 33.4 Å². The first-order valence-electron chi connectivity index (χ1n) is 20.1. The zero-order chi connectivity index (χ0) is 38.5. The van der Waals surface area contributed by atoms with Crippen LogP contribution in [0.15, 0.2) is 237 Å². The van der Waals surface area contributed by atoms with Crippen LogP contribution in [0.1, 0.15) is 22.3 Å². The average Bonchev–Trinajstić information content (AvgIpc) is 3.61. The van der Waals surface area contributed by atoms with Crippen LogP contribution in [-0.4, -0.2) is 0 Å². The summed E-state index contributed by atoms with van der Waals surface area (Å²) in [5.74, 6) is 0. The minimum Gasteiger partial charge on any atom is -0.310 e. The molecule has 0 aliphatic heterocycles. The van der Waals surface area contributed by atoms with Crippen molar-refractivity contribution in [3.05, 3.63) is 259 Å². The highest BCUT2D eigenvalue weighted by molar-refractivity contribution is 6.01. The zero-order valence-corrected chi connectivity index (χ0v) is 32.0. The molecule has 0 saturated heterocycles. The van der Waals surface area contributed by atoms with E-state index in [2.05, 4.69) is 241 Å². The van der Waals surface area contributed by atoms with E-state index in [0.717, 1.165) is 17.1 Å². The summed E-state index contributed by atoms with van der Waals surface area (Å²) in [5, 5.41) is 4.94. The van der Waals surface area contributed by atoms with Crippen molar-refractivity contribution in [2.45, 2.75) is 5.41 Å². The van der Waals surface area contributed by atoms with E-state index in [1.807, 2.05) is 0 Å². The Morgan fingerprint density at radius 2 is 0.845 bits per heavy atom. The number of anilines is 3. The number of hydrogen-bond donors (Lipinski definition) is 0. The van der Waals surface area contributed by atoms with Gasteiger partial charge in [0.1, 0.15) is 0 Å². The molecule has 0 N–H and O–H groups in total. The maximum atomic E-state index is 2.44. The first-order valence-corrected chi connectivity index (χ1v) is 20.1. The molecule has 0 heterocycles. The summed E-state index contributed by atoms with van der Waals surface area (Å²) in [4.78, 5) is 2.44. The minimum atomic E-state index is -0.477. The Balaban J connectivity index is 1.14. The molecule has 0 aromatic heterocycles. The van der Waals surface area contributed by atoms with Crippen LogP contribution in [0.4, 0.5) is 17.1 Å². The van der Waals surface area contributed by atoms with Gasteiger partial charge < -0.3 is 4.90 Å². The van der Waals surface area contributed by atoms with Gasteiger partial charge in [0.25, 0.3) is 0 Å². The van der Waals surface area contributed by atoms with Crippen LogP contribution < -0.4 is 4.90 Å². The molecule has 1 aliphatic carbocycles. The number of hydrogen-bond acceptors (Lipinski definition) is 1. The number of rotatable bonds is 7. The standard InChI is InChI=1S/C57H39N/c1-3-21-44(22-4-1)57(45-23-5-2-6-24-45)53-30-13-11-27-52(53)56-51(29-16-31-54(56)57)50-26-12-14-32-55(50)58(47-38-33-40-17-7-8-19-43(40)39-47)46-36-34-42(35-37-46)49-28-15-20-41-18-9-10-25-48(41)49/h1-39H. The molecule has 1 nitrogen and oxygen atoms in total. The van der Waals surface area contributed by atoms with Crippen molar-refractivity contribution in [2.24, 2.45) is 0 Å². The summed E-state index contributed by atoms with van der Waals surface area (Å²) >= 11 is 0. The lowest BCUT2D eigenvalue weighted by Crippen LogP contribution is -2.28. The second kappa shape index (κ2) is 13.9. The van der Waals surface area contributed by atoms with Crippen molar-refractivity contribution in [2.75, 3.05) is 4.90 Å². The monoisotopic (exact) mass is 737 g/mol. The van der Waals surface area contributed by atoms with E-state index in [1.165, 1.54) is 77.2 Å². The topological polar surface area (TPSA) is 3.24 Å². The van der Waals surface area contributed by atoms with E-state index in [9.17, 15) is 0 Å². The van der Waals surface area contributed by atoms with E-state index < -0.39 is 5.41 Å². The lowest BCUT2D eigenvalue weighted by atomic mass is 9.67. The minimum absolute atomic E-state index is 0.477. The molecule has 1 aliphatic rings. The lowest BCUT2D eigenvalue weighted by molar-refractivity contribution is 0.768. The van der Waals surface area contributed by atoms with Crippen LogP contribution in [-0.2, 0) is 5.41 Å². The second-order valence-electron chi connectivity index (χ2n) is 15.2. The highest BCUT2D eigenvalue weighted by Crippen LogP contribution is 2.59. The molecule has 58 heavy (non-hydrogen) atoms. The molecule has 10 aromatic rings. The third-order valence-electron chi connectivity index (χ3n) is 12.1. The Kier molecular flexibility index (Phi) is 8.12. The van der Waals surface area contributed by atoms with Gasteiger partial charge in [0.2, 0.25) is 0 Å². The molecule has 1 heteroatoms. The fourth-order valence-electron chi connectivity index (χ4n) is 9.62. The third kappa shape index (κ3) is 5.32. The van der Waals surface area contributed by atoms with Gasteiger partial charge in [0.15, 0.2) is 0 Å². The molecule has 0 spiro atoms. The summed E-state index contributed by atoms with van der Waals surface area (Å²) in [7, 11) is 0. The summed E-state index contributed by atoms with van der Waals surface area (Å²) in [6, 6.07) is 86.8. The van der Waals surface area contributed by atoms with E-state index in [4.69, 9.17) is 0 Å². The fourth-order valence-corrected chi connectivity index (χ4v) is 9.62. The normalized spacial score (nSPS) is 12.6. The molecular formula is C57H39N. The zero-order valence-electron chi connectivity index (χ0n) is 32.0. The van der Waals surface area contributed by atoms with Crippen LogP contribution in [0, 0.1) is 0 Å². The van der Waals surface area contributed by atoms with Gasteiger partial charge in [-0.15, -0.1) is 0 Å². The van der Waals surface area contributed by atoms with Gasteiger partial charge in [0, 0.05) is 16.9 Å². The van der Waals surface area contributed by atoms with E-state index >= 15 is 0 Å². The first kappa shape index (κ1) is 33.8. The average molecular weight is 738 g/mol. The van der Waals surface area contributed by atoms with Gasteiger partial charge in [-0.2, -0.15) is 0 Å². The molecule has 0 bridgehead atoms. The molecular weight excluding hydrogens is 699 g/mol. The Hall–Kier alpha value is -7.48. The molecule has 0 radical (unpaired) electrons. The van der Waals surface area contributed by atoms with E-state index in [0.29, 0.717) is 0 Å². The van der Waals surface area contributed by atoms with Crippen molar-refractivity contribution in [3.63, 3.8) is 0 Å². The van der Waals surface area contributed by atoms with Crippen molar-refractivity contribution in [1.29, 1.82) is 0 Å². The fraction of sp³-hybridized carbons (Fsp3) is 0.0175. The van der Waals surface area contributed by atoms with Gasteiger partial charge in [-0.25, -0.2) is 0 Å². The maximum Gasteiger partial charge on any atom is 0.0713 e. The number of fused-ring (bicyclic) bond motifs is 5. The van der Waals surface area contributed by atoms with Crippen LogP contribution in [0.3, 0.4) is 0 Å². The molecule has 11 rings (SSSR count). The summed E-state index contributed by atoms with van der Waals surface area (Å²) in [6.07, 6.45) is 0. The van der Waals surface area contributed by atoms with Crippen LogP contribution >= 0.6 is 0 Å². The second-order valence-corrected chi connectivity index (χ2v) is 15.2. The van der Waals surface area contributed by atoms with Crippen LogP contribution in [0.2, 0.25) is 0 Å². The van der Waals surface area contributed by atoms with Gasteiger partial charge in [-0.1, -0.05) is 206 Å². The molecule has 0 unspecified atom stereocenters. The van der Waals surface area contributed by atoms with Crippen LogP contribution in [0.5, 0.6) is 0 Å². The number of benzene rings is 10. The van der Waals surface area contributed by atoms with Crippen LogP contribution in [0.25, 0.3) is 54.9 Å². The van der Waals surface area contributed by atoms with Crippen molar-refractivity contribution < 1.29 is 0 Å². The summed E-state index contributed by atoms with van der Waals surface area (Å²) in [5.41, 5.74) is 15.4. The summed E-state index contributed by atoms with van der Waals surface area (Å²) in [6.45, 7) is 0. The Labute approximate surface area is 339 Å². The molecule has 272 valence electrons. The smallest absolute Gasteiger partial charge is 0.0713 e. The first-order chi connectivity index (χ1) is 28.8. The highest BCUT2D eigenvalue weighted by Gasteiger charge is 2.46. The van der Waals surface area contributed by atoms with Crippen molar-refractivity contribution in [1.82, 2.24) is 0 Å². The molecule has 10 aromatic carbocycles. The molecule has 0 amide bonds. The molecule has 0 saturated carbocycles. The SMILES string of the molecule is c1ccc(C2(c3ccccc3)c3ccccc3-c3c(-c4ccccc4N(c4ccc(-c5cccc6ccccc56)cc4)c4ccc5ccccc5c4)cccc32)cc1. The maximum absolute atomic E-state index is 2.44. The van der Waals surface area contributed by atoms with Crippen molar-refractivity contribution >= 4 is 38.6 Å². The van der Waals surface area contributed by atoms with Gasteiger partial charge in [0.05, 0.1) is 11.1 Å². The largest absolute Gasteiger partial charge is 0.310 e. The highest BCUT2D eigenvalue weighted by atomic mass is 15.1. The van der Waals surface area contributed by atoms with Gasteiger partial charge >= 0.3 is 0 Å².